The van der Waals surface area contributed by atoms with Gasteiger partial charge in [0, 0.05) is 18.0 Å². The average Bonchev–Trinajstić information content (AvgIpc) is 2.87. The van der Waals surface area contributed by atoms with Crippen molar-refractivity contribution in [1.82, 2.24) is 0 Å². The van der Waals surface area contributed by atoms with Crippen LogP contribution in [0, 0.1) is 11.7 Å². The van der Waals surface area contributed by atoms with Crippen molar-refractivity contribution in [1.29, 1.82) is 0 Å². The number of hydrogen-bond acceptors (Lipinski definition) is 2. The van der Waals surface area contributed by atoms with Crippen LogP contribution in [0.1, 0.15) is 20.3 Å². The van der Waals surface area contributed by atoms with E-state index in [1.54, 1.807) is 12.1 Å². The van der Waals surface area contributed by atoms with E-state index in [4.69, 9.17) is 4.74 Å². The molecule has 1 aromatic rings. The predicted molar refractivity (Wildman–Crippen MR) is 96.4 cm³/mol. The molecular weight excluding hydrogens is 307 g/mol. The van der Waals surface area contributed by atoms with E-state index in [1.807, 2.05) is 13.3 Å². The number of likely N-dealkylation sites (tertiary alicyclic amines) is 1. The molecule has 0 aliphatic carbocycles. The van der Waals surface area contributed by atoms with Crippen LogP contribution in [-0.4, -0.2) is 43.5 Å². The number of anilines is 1. The summed E-state index contributed by atoms with van der Waals surface area (Å²) < 4.78 is 19.1. The van der Waals surface area contributed by atoms with Gasteiger partial charge in [0.05, 0.1) is 26.7 Å². The molecule has 130 valence electrons. The lowest BCUT2D eigenvalue weighted by Crippen LogP contribution is -2.40. The lowest BCUT2D eigenvalue weighted by atomic mass is 10.2. The van der Waals surface area contributed by atoms with E-state index in [0.29, 0.717) is 24.2 Å². The summed E-state index contributed by atoms with van der Waals surface area (Å²) in [7, 11) is 2.15. The molecule has 1 heterocycles. The molecule has 0 amide bonds. The van der Waals surface area contributed by atoms with Gasteiger partial charge in [-0.1, -0.05) is 6.92 Å². The number of quaternary nitrogens is 1. The molecule has 5 nitrogen and oxygen atoms in total. The van der Waals surface area contributed by atoms with Crippen LogP contribution in [-0.2, 0) is 4.74 Å². The summed E-state index contributed by atoms with van der Waals surface area (Å²) in [4.78, 5) is 8.79. The highest BCUT2D eigenvalue weighted by Gasteiger charge is 2.30. The van der Waals surface area contributed by atoms with Crippen LogP contribution in [0.3, 0.4) is 0 Å². The van der Waals surface area contributed by atoms with Crippen LogP contribution in [0.2, 0.25) is 0 Å². The van der Waals surface area contributed by atoms with Crippen LogP contribution in [0.4, 0.5) is 10.1 Å². The minimum atomic E-state index is -0.287. The number of nitrogens with one attached hydrogen (secondary N) is 1. The summed E-state index contributed by atoms with van der Waals surface area (Å²) in [6.07, 6.45) is 3.09. The van der Waals surface area contributed by atoms with Crippen molar-refractivity contribution in [2.45, 2.75) is 20.3 Å². The van der Waals surface area contributed by atoms with Crippen LogP contribution in [0.25, 0.3) is 0 Å². The molecule has 0 bridgehead atoms. The van der Waals surface area contributed by atoms with Gasteiger partial charge in [-0.25, -0.2) is 4.39 Å². The van der Waals surface area contributed by atoms with Gasteiger partial charge in [-0.05, 0) is 37.8 Å². The zero-order valence-corrected chi connectivity index (χ0v) is 14.6. The van der Waals surface area contributed by atoms with Gasteiger partial charge in [0.15, 0.2) is 6.34 Å². The summed E-state index contributed by atoms with van der Waals surface area (Å²) in [5, 5.41) is 3.08. The van der Waals surface area contributed by atoms with E-state index in [2.05, 4.69) is 35.9 Å². The number of guanidine groups is 1. The number of ether oxygens (including phenoxy) is 1. The molecule has 1 aliphatic rings. The fourth-order valence-corrected chi connectivity index (χ4v) is 2.78. The van der Waals surface area contributed by atoms with Gasteiger partial charge in [0.25, 0.3) is 0 Å². The first-order valence-electron chi connectivity index (χ1n) is 8.22. The lowest BCUT2D eigenvalue weighted by Gasteiger charge is -2.23. The first-order chi connectivity index (χ1) is 11.4. The second-order valence-corrected chi connectivity index (χ2v) is 6.42. The first kappa shape index (κ1) is 18.1. The van der Waals surface area contributed by atoms with Gasteiger partial charge in [-0.15, -0.1) is 0 Å². The second-order valence-electron chi connectivity index (χ2n) is 6.42. The van der Waals surface area contributed by atoms with Gasteiger partial charge < -0.3 is 10.1 Å². The molecule has 0 spiro atoms. The zero-order valence-electron chi connectivity index (χ0n) is 14.6. The molecule has 2 atom stereocenters. The molecule has 1 aromatic carbocycles. The highest BCUT2D eigenvalue weighted by Crippen LogP contribution is 2.20. The molecule has 0 aromatic heterocycles. The summed E-state index contributed by atoms with van der Waals surface area (Å²) >= 11 is 0. The molecule has 2 rings (SSSR count). The topological polar surface area (TPSA) is 46.0 Å². The Balaban J connectivity index is 2.16. The van der Waals surface area contributed by atoms with Crippen molar-refractivity contribution >= 4 is 18.0 Å². The molecule has 1 saturated heterocycles. The van der Waals surface area contributed by atoms with E-state index in [0.717, 1.165) is 17.6 Å². The van der Waals surface area contributed by atoms with Crippen LogP contribution in [0.5, 0.6) is 0 Å². The smallest absolute Gasteiger partial charge is 0.235 e. The maximum atomic E-state index is 13.0. The van der Waals surface area contributed by atoms with Gasteiger partial charge in [0.2, 0.25) is 11.8 Å². The van der Waals surface area contributed by atoms with Crippen LogP contribution < -0.4 is 5.32 Å². The molecule has 24 heavy (non-hydrogen) atoms. The van der Waals surface area contributed by atoms with Gasteiger partial charge in [-0.2, -0.15) is 9.98 Å². The number of hydrogen-bond donors (Lipinski definition) is 1. The van der Waals surface area contributed by atoms with Crippen LogP contribution >= 0.6 is 0 Å². The minimum absolute atomic E-state index is 0.287. The summed E-state index contributed by atoms with van der Waals surface area (Å²) in [5.74, 6) is 1.06. The Kier molecular flexibility index (Phi) is 6.09. The second kappa shape index (κ2) is 8.06. The van der Waals surface area contributed by atoms with Gasteiger partial charge in [-0.3, -0.25) is 4.48 Å². The molecule has 2 unspecified atom stereocenters. The summed E-state index contributed by atoms with van der Waals surface area (Å²) in [6, 6.07) is 6.05. The third kappa shape index (κ3) is 5.45. The Morgan fingerprint density at radius 1 is 1.46 bits per heavy atom. The number of benzene rings is 1. The molecule has 6 heteroatoms. The van der Waals surface area contributed by atoms with Crippen LogP contribution in [0.15, 0.2) is 46.7 Å². The monoisotopic (exact) mass is 333 g/mol. The third-order valence-corrected chi connectivity index (χ3v) is 3.96. The minimum Gasteiger partial charge on any atom is -0.478 e. The van der Waals surface area contributed by atoms with E-state index in [-0.39, 0.29) is 11.7 Å². The largest absolute Gasteiger partial charge is 0.478 e. The highest BCUT2D eigenvalue weighted by atomic mass is 19.1. The van der Waals surface area contributed by atoms with Gasteiger partial charge in [0.1, 0.15) is 5.82 Å². The predicted octanol–water partition coefficient (Wildman–Crippen LogP) is 3.62. The fraction of sp³-hybridized carbons (Fsp3) is 0.444. The molecule has 0 radical (unpaired) electrons. The Hall–Kier alpha value is -2.21. The van der Waals surface area contributed by atoms with E-state index in [9.17, 15) is 4.39 Å². The van der Waals surface area contributed by atoms with E-state index in [1.165, 1.54) is 18.6 Å². The van der Waals surface area contributed by atoms with E-state index >= 15 is 0 Å². The highest BCUT2D eigenvalue weighted by molar-refractivity contribution is 5.97. The molecular formula is C18H26FN4O+. The standard InChI is InChI=1S/C18H26FN4O/c1-5-24-15(3)21-18(22-17-8-6-16(19)7-9-17)20-13-23(4)11-10-14(2)12-23/h6-9,13-14H,3,5,10-12H2,1-2,4H3,(H,21,22)/q+1/b20-13+. The number of aliphatic imine (C=N–C) groups is 2. The molecule has 1 aliphatic heterocycles. The normalized spacial score (nSPS) is 24.3. The van der Waals surface area contributed by atoms with Crippen molar-refractivity contribution < 1.29 is 13.6 Å². The number of nitrogens with zero attached hydrogens (tertiary/aromatic N) is 3. The Morgan fingerprint density at radius 2 is 2.17 bits per heavy atom. The molecule has 0 saturated carbocycles. The first-order valence-corrected chi connectivity index (χ1v) is 8.22. The van der Waals surface area contributed by atoms with Crippen molar-refractivity contribution in [3.05, 3.63) is 42.5 Å². The van der Waals surface area contributed by atoms with Crippen molar-refractivity contribution in [2.24, 2.45) is 15.9 Å². The Labute approximate surface area is 143 Å². The maximum absolute atomic E-state index is 13.0. The lowest BCUT2D eigenvalue weighted by molar-refractivity contribution is -0.801. The maximum Gasteiger partial charge on any atom is 0.235 e. The molecule has 1 N–H and O–H groups in total. The average molecular weight is 333 g/mol. The Morgan fingerprint density at radius 3 is 2.75 bits per heavy atom. The van der Waals surface area contributed by atoms with E-state index < -0.39 is 0 Å². The number of rotatable bonds is 5. The molecule has 1 fully saturated rings. The third-order valence-electron chi connectivity index (χ3n) is 3.96. The fourth-order valence-electron chi connectivity index (χ4n) is 2.78. The van der Waals surface area contributed by atoms with Gasteiger partial charge >= 0.3 is 0 Å². The number of halogens is 1. The van der Waals surface area contributed by atoms with Crippen molar-refractivity contribution in [3.63, 3.8) is 0 Å². The van der Waals surface area contributed by atoms with Crippen molar-refractivity contribution in [3.8, 4) is 0 Å². The summed E-state index contributed by atoms with van der Waals surface area (Å²) in [5.41, 5.74) is 0.703. The van der Waals surface area contributed by atoms with Crippen molar-refractivity contribution in [2.75, 3.05) is 32.1 Å². The summed E-state index contributed by atoms with van der Waals surface area (Å²) in [6.45, 7) is 10.5. The zero-order chi connectivity index (χ0) is 17.6. The quantitative estimate of drug-likeness (QED) is 0.387. The Bertz CT molecular complexity index is 626. The SMILES string of the molecule is C=C(/N=C(\N=C\[N+]1(C)CCC(C)C1)Nc1ccc(F)cc1)OCC.